The molecule has 0 aliphatic heterocycles. The second-order valence-corrected chi connectivity index (χ2v) is 5.90. The van der Waals surface area contributed by atoms with Crippen molar-refractivity contribution < 1.29 is 0 Å². The molecule has 0 saturated heterocycles. The number of hydrogen-bond acceptors (Lipinski definition) is 4. The molecular formula is C14H23N3S. The SMILES string of the molecule is CCN(CC)c1ncc(C=C(C)CNC2CC2)s1. The van der Waals surface area contributed by atoms with Gasteiger partial charge in [-0.1, -0.05) is 16.9 Å². The number of anilines is 1. The maximum atomic E-state index is 4.50. The molecule has 1 aliphatic rings. The summed E-state index contributed by atoms with van der Waals surface area (Å²) in [7, 11) is 0. The number of thiazole rings is 1. The van der Waals surface area contributed by atoms with Crippen LogP contribution >= 0.6 is 11.3 Å². The minimum absolute atomic E-state index is 0.779. The Kier molecular flexibility index (Phi) is 4.78. The van der Waals surface area contributed by atoms with E-state index in [2.05, 4.69) is 42.0 Å². The summed E-state index contributed by atoms with van der Waals surface area (Å²) in [6.45, 7) is 9.58. The predicted molar refractivity (Wildman–Crippen MR) is 80.4 cm³/mol. The number of rotatable bonds is 7. The van der Waals surface area contributed by atoms with Crippen molar-refractivity contribution in [1.29, 1.82) is 0 Å². The molecule has 3 nitrogen and oxygen atoms in total. The topological polar surface area (TPSA) is 28.2 Å². The summed E-state index contributed by atoms with van der Waals surface area (Å²) in [5.41, 5.74) is 1.39. The highest BCUT2D eigenvalue weighted by molar-refractivity contribution is 7.16. The molecule has 18 heavy (non-hydrogen) atoms. The fourth-order valence-electron chi connectivity index (χ4n) is 1.87. The molecule has 0 radical (unpaired) electrons. The van der Waals surface area contributed by atoms with Gasteiger partial charge in [0.15, 0.2) is 5.13 Å². The van der Waals surface area contributed by atoms with Crippen LogP contribution in [0.3, 0.4) is 0 Å². The normalized spacial score (nSPS) is 16.1. The lowest BCUT2D eigenvalue weighted by Gasteiger charge is -2.16. The second-order valence-electron chi connectivity index (χ2n) is 4.86. The molecule has 0 atom stereocenters. The first-order chi connectivity index (χ1) is 8.72. The maximum Gasteiger partial charge on any atom is 0.185 e. The fraction of sp³-hybridized carbons (Fsp3) is 0.643. The van der Waals surface area contributed by atoms with E-state index in [9.17, 15) is 0 Å². The van der Waals surface area contributed by atoms with Gasteiger partial charge in [-0.3, -0.25) is 0 Å². The van der Waals surface area contributed by atoms with Crippen LogP contribution < -0.4 is 10.2 Å². The standard InChI is InChI=1S/C14H23N3S/c1-4-17(5-2)14-16-10-13(18-14)8-11(3)9-15-12-6-7-12/h8,10,12,15H,4-7,9H2,1-3H3. The zero-order valence-electron chi connectivity index (χ0n) is 11.6. The lowest BCUT2D eigenvalue weighted by molar-refractivity contribution is 0.736. The average molecular weight is 265 g/mol. The first-order valence-electron chi connectivity index (χ1n) is 6.84. The first kappa shape index (κ1) is 13.6. The van der Waals surface area contributed by atoms with E-state index in [0.717, 1.165) is 30.8 Å². The summed E-state index contributed by atoms with van der Waals surface area (Å²) in [4.78, 5) is 8.05. The number of nitrogens with zero attached hydrogens (tertiary/aromatic N) is 2. The molecule has 1 saturated carbocycles. The Hall–Kier alpha value is -0.870. The van der Waals surface area contributed by atoms with Crippen molar-refractivity contribution in [2.75, 3.05) is 24.5 Å². The van der Waals surface area contributed by atoms with E-state index in [1.807, 2.05) is 6.20 Å². The van der Waals surface area contributed by atoms with Gasteiger partial charge in [-0.15, -0.1) is 0 Å². The van der Waals surface area contributed by atoms with Crippen LogP contribution in [0.2, 0.25) is 0 Å². The predicted octanol–water partition coefficient (Wildman–Crippen LogP) is 3.14. The maximum absolute atomic E-state index is 4.50. The largest absolute Gasteiger partial charge is 0.349 e. The molecule has 1 N–H and O–H groups in total. The van der Waals surface area contributed by atoms with Crippen LogP contribution in [0, 0.1) is 0 Å². The first-order valence-corrected chi connectivity index (χ1v) is 7.66. The highest BCUT2D eigenvalue weighted by atomic mass is 32.1. The lowest BCUT2D eigenvalue weighted by atomic mass is 10.2. The quantitative estimate of drug-likeness (QED) is 0.821. The van der Waals surface area contributed by atoms with Crippen molar-refractivity contribution in [2.45, 2.75) is 39.7 Å². The smallest absolute Gasteiger partial charge is 0.185 e. The van der Waals surface area contributed by atoms with Gasteiger partial charge in [0.05, 0.1) is 0 Å². The van der Waals surface area contributed by atoms with Crippen molar-refractivity contribution in [3.63, 3.8) is 0 Å². The molecule has 0 aromatic carbocycles. The molecule has 1 aliphatic carbocycles. The Balaban J connectivity index is 1.93. The molecule has 0 bridgehead atoms. The third-order valence-electron chi connectivity index (χ3n) is 3.18. The van der Waals surface area contributed by atoms with E-state index >= 15 is 0 Å². The van der Waals surface area contributed by atoms with Crippen LogP contribution in [0.5, 0.6) is 0 Å². The van der Waals surface area contributed by atoms with Gasteiger partial charge in [0, 0.05) is 36.8 Å². The van der Waals surface area contributed by atoms with Crippen LogP contribution in [0.4, 0.5) is 5.13 Å². The number of aromatic nitrogens is 1. The Bertz CT molecular complexity index is 403. The van der Waals surface area contributed by atoms with Crippen LogP contribution in [0.15, 0.2) is 11.8 Å². The fourth-order valence-corrected chi connectivity index (χ4v) is 2.94. The summed E-state index contributed by atoms with van der Waals surface area (Å²) in [5.74, 6) is 0. The molecule has 1 aromatic rings. The molecule has 0 amide bonds. The molecule has 0 spiro atoms. The van der Waals surface area contributed by atoms with E-state index in [0.29, 0.717) is 0 Å². The van der Waals surface area contributed by atoms with E-state index in [-0.39, 0.29) is 0 Å². The van der Waals surface area contributed by atoms with Crippen molar-refractivity contribution in [3.05, 3.63) is 16.6 Å². The molecule has 2 rings (SSSR count). The minimum Gasteiger partial charge on any atom is -0.349 e. The van der Waals surface area contributed by atoms with Crippen molar-refractivity contribution >= 4 is 22.5 Å². The monoisotopic (exact) mass is 265 g/mol. The van der Waals surface area contributed by atoms with E-state index < -0.39 is 0 Å². The zero-order valence-corrected chi connectivity index (χ0v) is 12.4. The minimum atomic E-state index is 0.779. The molecule has 100 valence electrons. The Labute approximate surface area is 114 Å². The Morgan fingerprint density at radius 1 is 1.50 bits per heavy atom. The molecule has 1 aromatic heterocycles. The van der Waals surface area contributed by atoms with Crippen LogP contribution in [-0.2, 0) is 0 Å². The molecule has 4 heteroatoms. The van der Waals surface area contributed by atoms with Gasteiger partial charge in [0.1, 0.15) is 0 Å². The summed E-state index contributed by atoms with van der Waals surface area (Å²) in [6.07, 6.45) is 6.93. The second kappa shape index (κ2) is 6.34. The van der Waals surface area contributed by atoms with E-state index in [1.54, 1.807) is 11.3 Å². The molecular weight excluding hydrogens is 242 g/mol. The van der Waals surface area contributed by atoms with Gasteiger partial charge < -0.3 is 10.2 Å². The van der Waals surface area contributed by atoms with Crippen molar-refractivity contribution in [2.24, 2.45) is 0 Å². The summed E-state index contributed by atoms with van der Waals surface area (Å²) in [5, 5.41) is 4.67. The van der Waals surface area contributed by atoms with Gasteiger partial charge in [-0.25, -0.2) is 4.98 Å². The van der Waals surface area contributed by atoms with E-state index in [1.165, 1.54) is 23.3 Å². The Morgan fingerprint density at radius 2 is 2.22 bits per heavy atom. The number of hydrogen-bond donors (Lipinski definition) is 1. The Morgan fingerprint density at radius 3 is 2.83 bits per heavy atom. The van der Waals surface area contributed by atoms with Gasteiger partial charge in [-0.2, -0.15) is 0 Å². The number of nitrogens with one attached hydrogen (secondary N) is 1. The highest BCUT2D eigenvalue weighted by Gasteiger charge is 2.19. The van der Waals surface area contributed by atoms with Gasteiger partial charge in [-0.05, 0) is 39.7 Å². The lowest BCUT2D eigenvalue weighted by Crippen LogP contribution is -2.21. The third kappa shape index (κ3) is 3.82. The van der Waals surface area contributed by atoms with Crippen molar-refractivity contribution in [3.8, 4) is 0 Å². The molecule has 1 heterocycles. The molecule has 1 fully saturated rings. The molecule has 0 unspecified atom stereocenters. The summed E-state index contributed by atoms with van der Waals surface area (Å²) >= 11 is 1.78. The summed E-state index contributed by atoms with van der Waals surface area (Å²) < 4.78 is 0. The summed E-state index contributed by atoms with van der Waals surface area (Å²) in [6, 6.07) is 0.779. The van der Waals surface area contributed by atoms with Crippen LogP contribution in [-0.4, -0.2) is 30.7 Å². The van der Waals surface area contributed by atoms with E-state index in [4.69, 9.17) is 0 Å². The van der Waals surface area contributed by atoms with Gasteiger partial charge in [0.25, 0.3) is 0 Å². The van der Waals surface area contributed by atoms with Gasteiger partial charge >= 0.3 is 0 Å². The van der Waals surface area contributed by atoms with Crippen LogP contribution in [0.1, 0.15) is 38.5 Å². The zero-order chi connectivity index (χ0) is 13.0. The highest BCUT2D eigenvalue weighted by Crippen LogP contribution is 2.24. The average Bonchev–Trinajstić information content (AvgIpc) is 3.09. The third-order valence-corrected chi connectivity index (χ3v) is 4.19. The van der Waals surface area contributed by atoms with Crippen LogP contribution in [0.25, 0.3) is 6.08 Å². The van der Waals surface area contributed by atoms with Gasteiger partial charge in [0.2, 0.25) is 0 Å². The van der Waals surface area contributed by atoms with Crippen molar-refractivity contribution in [1.82, 2.24) is 10.3 Å².